The lowest BCUT2D eigenvalue weighted by Crippen LogP contribution is -2.34. The first-order valence-electron chi connectivity index (χ1n) is 8.15. The van der Waals surface area contributed by atoms with Gasteiger partial charge in [0.05, 0.1) is 13.2 Å². The summed E-state index contributed by atoms with van der Waals surface area (Å²) in [5.41, 5.74) is 1.82. The molecule has 0 radical (unpaired) electrons. The summed E-state index contributed by atoms with van der Waals surface area (Å²) in [6.45, 7) is 0.481. The molecule has 3 aromatic rings. The molecule has 1 N–H and O–H groups in total. The van der Waals surface area contributed by atoms with Crippen molar-refractivity contribution in [1.82, 2.24) is 10.2 Å². The van der Waals surface area contributed by atoms with Crippen molar-refractivity contribution < 1.29 is 13.9 Å². The molecule has 0 aliphatic heterocycles. The molecule has 3 rings (SSSR count). The van der Waals surface area contributed by atoms with E-state index < -0.39 is 0 Å². The largest absolute Gasteiger partial charge is 0.497 e. The van der Waals surface area contributed by atoms with Gasteiger partial charge >= 0.3 is 0 Å². The molecule has 130 valence electrons. The van der Waals surface area contributed by atoms with Crippen LogP contribution in [0.2, 0.25) is 0 Å². The molecule has 0 saturated heterocycles. The van der Waals surface area contributed by atoms with E-state index in [0.717, 1.165) is 16.7 Å². The van der Waals surface area contributed by atoms with Gasteiger partial charge in [-0.2, -0.15) is 0 Å². The first-order chi connectivity index (χ1) is 12.1. The van der Waals surface area contributed by atoms with Gasteiger partial charge in [-0.1, -0.05) is 30.3 Å². The Labute approximate surface area is 147 Å². The van der Waals surface area contributed by atoms with Gasteiger partial charge in [-0.3, -0.25) is 4.79 Å². The number of carbonyl (C=O) groups excluding carboxylic acids is 1. The Bertz CT molecular complexity index is 820. The summed E-state index contributed by atoms with van der Waals surface area (Å²) in [5.74, 6) is 0.928. The minimum atomic E-state index is -0.212. The van der Waals surface area contributed by atoms with Crippen LogP contribution in [0.3, 0.4) is 0 Å². The first-order valence-corrected chi connectivity index (χ1v) is 8.15. The molecule has 5 heteroatoms. The molecule has 1 heterocycles. The monoisotopic (exact) mass is 338 g/mol. The lowest BCUT2D eigenvalue weighted by Gasteiger charge is -2.25. The third-order valence-electron chi connectivity index (χ3n) is 4.23. The van der Waals surface area contributed by atoms with E-state index in [0.29, 0.717) is 17.9 Å². The van der Waals surface area contributed by atoms with Gasteiger partial charge in [0, 0.05) is 11.9 Å². The smallest absolute Gasteiger partial charge is 0.287 e. The van der Waals surface area contributed by atoms with Crippen LogP contribution in [0.1, 0.15) is 22.2 Å². The summed E-state index contributed by atoms with van der Waals surface area (Å²) in [5, 5.41) is 3.89. The first kappa shape index (κ1) is 17.0. The lowest BCUT2D eigenvalue weighted by atomic mass is 10.1. The minimum Gasteiger partial charge on any atom is -0.497 e. The second kappa shape index (κ2) is 7.40. The molecule has 0 fully saturated rings. The Morgan fingerprint density at radius 1 is 1.16 bits per heavy atom. The number of nitrogens with zero attached hydrogens (tertiary/aromatic N) is 1. The van der Waals surface area contributed by atoms with Crippen LogP contribution in [0.5, 0.6) is 5.75 Å². The van der Waals surface area contributed by atoms with Crippen LogP contribution in [-0.4, -0.2) is 38.6 Å². The number of para-hydroxylation sites is 1. The molecule has 5 nitrogen and oxygen atoms in total. The Hall–Kier alpha value is -2.79. The predicted molar refractivity (Wildman–Crippen MR) is 98.0 cm³/mol. The van der Waals surface area contributed by atoms with Gasteiger partial charge in [0.15, 0.2) is 5.76 Å². The highest BCUT2D eigenvalue weighted by molar-refractivity contribution is 5.96. The Morgan fingerprint density at radius 3 is 2.52 bits per heavy atom. The molecular formula is C20H22N2O3. The SMILES string of the molecule is COc1ccc(C(CNC(=O)c2cc3ccccc3o2)N(C)C)cc1. The normalized spacial score (nSPS) is 12.3. The maximum Gasteiger partial charge on any atom is 0.287 e. The van der Waals surface area contributed by atoms with Crippen molar-refractivity contribution in [1.29, 1.82) is 0 Å². The number of carbonyl (C=O) groups is 1. The van der Waals surface area contributed by atoms with E-state index >= 15 is 0 Å². The van der Waals surface area contributed by atoms with Gasteiger partial charge < -0.3 is 19.4 Å². The third-order valence-corrected chi connectivity index (χ3v) is 4.23. The van der Waals surface area contributed by atoms with Crippen LogP contribution in [0, 0.1) is 0 Å². The Morgan fingerprint density at radius 2 is 1.88 bits per heavy atom. The third kappa shape index (κ3) is 3.83. The number of nitrogens with one attached hydrogen (secondary N) is 1. The molecule has 0 bridgehead atoms. The number of ether oxygens (including phenoxy) is 1. The van der Waals surface area contributed by atoms with E-state index in [-0.39, 0.29) is 11.9 Å². The fourth-order valence-corrected chi connectivity index (χ4v) is 2.79. The highest BCUT2D eigenvalue weighted by Crippen LogP contribution is 2.22. The number of hydrogen-bond acceptors (Lipinski definition) is 4. The quantitative estimate of drug-likeness (QED) is 0.748. The Kier molecular flexibility index (Phi) is 5.05. The molecule has 0 aliphatic carbocycles. The second-order valence-electron chi connectivity index (χ2n) is 6.11. The van der Waals surface area contributed by atoms with Gasteiger partial charge in [0.2, 0.25) is 0 Å². The van der Waals surface area contributed by atoms with Crippen LogP contribution < -0.4 is 10.1 Å². The topological polar surface area (TPSA) is 54.7 Å². The number of furan rings is 1. The highest BCUT2D eigenvalue weighted by Gasteiger charge is 2.18. The van der Waals surface area contributed by atoms with Crippen molar-refractivity contribution in [3.05, 3.63) is 65.9 Å². The standard InChI is InChI=1S/C20H22N2O3/c1-22(2)17(14-8-10-16(24-3)11-9-14)13-21-20(23)19-12-15-6-4-5-7-18(15)25-19/h4-12,17H,13H2,1-3H3,(H,21,23). The summed E-state index contributed by atoms with van der Waals surface area (Å²) in [7, 11) is 5.62. The Balaban J connectivity index is 1.71. The number of fused-ring (bicyclic) bond motifs is 1. The minimum absolute atomic E-state index is 0.0548. The molecule has 0 spiro atoms. The molecule has 0 aliphatic rings. The molecule has 25 heavy (non-hydrogen) atoms. The van der Waals surface area contributed by atoms with Crippen molar-refractivity contribution in [3.8, 4) is 5.75 Å². The molecule has 1 unspecified atom stereocenters. The maximum atomic E-state index is 12.4. The van der Waals surface area contributed by atoms with Crippen LogP contribution in [0.15, 0.2) is 59.0 Å². The van der Waals surface area contributed by atoms with E-state index in [4.69, 9.17) is 9.15 Å². The van der Waals surface area contributed by atoms with Crippen LogP contribution in [-0.2, 0) is 0 Å². The van der Waals surface area contributed by atoms with Crippen molar-refractivity contribution in [3.63, 3.8) is 0 Å². The fraction of sp³-hybridized carbons (Fsp3) is 0.250. The van der Waals surface area contributed by atoms with Crippen molar-refractivity contribution in [2.45, 2.75) is 6.04 Å². The zero-order valence-corrected chi connectivity index (χ0v) is 14.7. The average Bonchev–Trinajstić information content (AvgIpc) is 3.06. The number of amides is 1. The summed E-state index contributed by atoms with van der Waals surface area (Å²) >= 11 is 0. The summed E-state index contributed by atoms with van der Waals surface area (Å²) in [4.78, 5) is 14.5. The highest BCUT2D eigenvalue weighted by atomic mass is 16.5. The van der Waals surface area contributed by atoms with E-state index in [1.54, 1.807) is 13.2 Å². The molecule has 1 atom stereocenters. The van der Waals surface area contributed by atoms with E-state index in [1.165, 1.54) is 0 Å². The zero-order valence-electron chi connectivity index (χ0n) is 14.7. The molecule has 1 amide bonds. The van der Waals surface area contributed by atoms with Crippen LogP contribution in [0.4, 0.5) is 0 Å². The number of rotatable bonds is 6. The van der Waals surface area contributed by atoms with Crippen molar-refractivity contribution in [2.24, 2.45) is 0 Å². The number of likely N-dealkylation sites (N-methyl/N-ethyl adjacent to an activating group) is 1. The van der Waals surface area contributed by atoms with Gasteiger partial charge in [-0.05, 0) is 43.9 Å². The van der Waals surface area contributed by atoms with E-state index in [9.17, 15) is 4.79 Å². The number of methoxy groups -OCH3 is 1. The van der Waals surface area contributed by atoms with E-state index in [1.807, 2.05) is 62.6 Å². The summed E-state index contributed by atoms with van der Waals surface area (Å²) in [6.07, 6.45) is 0. The molecule has 1 aromatic heterocycles. The predicted octanol–water partition coefficient (Wildman–Crippen LogP) is 3.47. The fourth-order valence-electron chi connectivity index (χ4n) is 2.79. The number of benzene rings is 2. The molecule has 2 aromatic carbocycles. The van der Waals surface area contributed by atoms with Crippen molar-refractivity contribution in [2.75, 3.05) is 27.7 Å². The average molecular weight is 338 g/mol. The molecular weight excluding hydrogens is 316 g/mol. The van der Waals surface area contributed by atoms with Gasteiger partial charge in [-0.25, -0.2) is 0 Å². The van der Waals surface area contributed by atoms with Gasteiger partial charge in [-0.15, -0.1) is 0 Å². The zero-order chi connectivity index (χ0) is 17.8. The van der Waals surface area contributed by atoms with Gasteiger partial charge in [0.1, 0.15) is 11.3 Å². The molecule has 0 saturated carbocycles. The second-order valence-corrected chi connectivity index (χ2v) is 6.11. The maximum absolute atomic E-state index is 12.4. The number of hydrogen-bond donors (Lipinski definition) is 1. The lowest BCUT2D eigenvalue weighted by molar-refractivity contribution is 0.0916. The van der Waals surface area contributed by atoms with Crippen LogP contribution >= 0.6 is 0 Å². The van der Waals surface area contributed by atoms with Crippen molar-refractivity contribution >= 4 is 16.9 Å². The van der Waals surface area contributed by atoms with Gasteiger partial charge in [0.25, 0.3) is 5.91 Å². The van der Waals surface area contributed by atoms with E-state index in [2.05, 4.69) is 10.2 Å². The summed E-state index contributed by atoms with van der Waals surface area (Å²) in [6, 6.07) is 17.3. The van der Waals surface area contributed by atoms with Crippen LogP contribution in [0.25, 0.3) is 11.0 Å². The summed E-state index contributed by atoms with van der Waals surface area (Å²) < 4.78 is 10.8.